The molecular weight excluding hydrogens is 192 g/mol. The van der Waals surface area contributed by atoms with Gasteiger partial charge in [0.1, 0.15) is 0 Å². The molecule has 1 aromatic heterocycles. The van der Waals surface area contributed by atoms with Crippen LogP contribution in [0.1, 0.15) is 12.8 Å². The highest BCUT2D eigenvalue weighted by Crippen LogP contribution is 2.30. The Morgan fingerprint density at radius 2 is 2.31 bits per heavy atom. The highest BCUT2D eigenvalue weighted by Gasteiger charge is 2.23. The second-order valence-corrected chi connectivity index (χ2v) is 4.78. The number of hydrogen-bond donors (Lipinski definition) is 1. The van der Waals surface area contributed by atoms with Crippen LogP contribution in [-0.2, 0) is 16.6 Å². The van der Waals surface area contributed by atoms with Crippen LogP contribution in [0.5, 0.6) is 0 Å². The van der Waals surface area contributed by atoms with Gasteiger partial charge in [0, 0.05) is 6.54 Å². The lowest BCUT2D eigenvalue weighted by atomic mass is 10.4. The third-order valence-electron chi connectivity index (χ3n) is 1.95. The Morgan fingerprint density at radius 1 is 1.62 bits per heavy atom. The molecule has 0 unspecified atom stereocenters. The van der Waals surface area contributed by atoms with E-state index in [0.29, 0.717) is 5.92 Å². The topological polar surface area (TPSA) is 90.9 Å². The van der Waals surface area contributed by atoms with Crippen molar-refractivity contribution in [1.29, 1.82) is 0 Å². The van der Waals surface area contributed by atoms with E-state index in [1.54, 1.807) is 0 Å². The fourth-order valence-corrected chi connectivity index (χ4v) is 1.48. The Labute approximate surface area is 75.8 Å². The molecule has 0 spiro atoms. The lowest BCUT2D eigenvalue weighted by Gasteiger charge is -1.93. The van der Waals surface area contributed by atoms with Gasteiger partial charge in [0.15, 0.2) is 0 Å². The predicted molar refractivity (Wildman–Crippen MR) is 44.1 cm³/mol. The van der Waals surface area contributed by atoms with E-state index in [1.165, 1.54) is 23.7 Å². The van der Waals surface area contributed by atoms with Crippen molar-refractivity contribution in [3.05, 3.63) is 6.20 Å². The summed E-state index contributed by atoms with van der Waals surface area (Å²) in [5.41, 5.74) is 0. The number of hydrogen-bond acceptors (Lipinski definition) is 4. The zero-order chi connectivity index (χ0) is 9.47. The molecule has 0 atom stereocenters. The summed E-state index contributed by atoms with van der Waals surface area (Å²) >= 11 is 0. The summed E-state index contributed by atoms with van der Waals surface area (Å²) in [6.45, 7) is 0.739. The maximum absolute atomic E-state index is 10.8. The highest BCUT2D eigenvalue weighted by molar-refractivity contribution is 7.89. The van der Waals surface area contributed by atoms with E-state index >= 15 is 0 Å². The molecule has 6 nitrogen and oxygen atoms in total. The molecule has 1 aromatic rings. The zero-order valence-corrected chi connectivity index (χ0v) is 7.74. The largest absolute Gasteiger partial charge is 0.259 e. The molecule has 1 heterocycles. The molecule has 2 rings (SSSR count). The maximum atomic E-state index is 10.8. The average molecular weight is 202 g/mol. The van der Waals surface area contributed by atoms with Crippen LogP contribution in [0.2, 0.25) is 0 Å². The summed E-state index contributed by atoms with van der Waals surface area (Å²) in [6, 6.07) is 0. The minimum Gasteiger partial charge on any atom is -0.251 e. The molecule has 0 bridgehead atoms. The molecule has 0 aromatic carbocycles. The van der Waals surface area contributed by atoms with Gasteiger partial charge in [0.25, 0.3) is 10.0 Å². The molecule has 0 radical (unpaired) electrons. The fourth-order valence-electron chi connectivity index (χ4n) is 1.07. The average Bonchev–Trinajstić information content (AvgIpc) is 2.63. The third-order valence-corrected chi connectivity index (χ3v) is 2.72. The molecule has 2 N–H and O–H groups in total. The summed E-state index contributed by atoms with van der Waals surface area (Å²) in [5, 5.41) is 11.9. The standard InChI is InChI=1S/C6H10N4O2S/c7-13(11,12)6-4-10(9-8-6)3-5-1-2-5/h4-5H,1-3H2,(H2,7,11,12). The fraction of sp³-hybridized carbons (Fsp3) is 0.667. The molecule has 7 heteroatoms. The van der Waals surface area contributed by atoms with Crippen LogP contribution in [0.25, 0.3) is 0 Å². The Bertz CT molecular complexity index is 406. The molecule has 13 heavy (non-hydrogen) atoms. The van der Waals surface area contributed by atoms with Crippen LogP contribution in [-0.4, -0.2) is 23.4 Å². The van der Waals surface area contributed by atoms with Gasteiger partial charge in [-0.25, -0.2) is 13.6 Å². The molecule has 0 saturated heterocycles. The van der Waals surface area contributed by atoms with E-state index in [0.717, 1.165) is 6.54 Å². The Hall–Kier alpha value is -0.950. The van der Waals surface area contributed by atoms with Crippen LogP contribution in [0, 0.1) is 5.92 Å². The van der Waals surface area contributed by atoms with E-state index in [-0.39, 0.29) is 5.03 Å². The van der Waals surface area contributed by atoms with Gasteiger partial charge < -0.3 is 0 Å². The van der Waals surface area contributed by atoms with Crippen LogP contribution in [0.3, 0.4) is 0 Å². The highest BCUT2D eigenvalue weighted by atomic mass is 32.2. The first kappa shape index (κ1) is 8.64. The van der Waals surface area contributed by atoms with Crippen molar-refractivity contribution in [2.45, 2.75) is 24.4 Å². The van der Waals surface area contributed by atoms with Gasteiger partial charge in [-0.2, -0.15) is 0 Å². The molecule has 1 saturated carbocycles. The minimum atomic E-state index is -3.69. The Balaban J connectivity index is 2.17. The van der Waals surface area contributed by atoms with E-state index in [4.69, 9.17) is 5.14 Å². The molecular formula is C6H10N4O2S. The van der Waals surface area contributed by atoms with Crippen molar-refractivity contribution in [2.75, 3.05) is 0 Å². The smallest absolute Gasteiger partial charge is 0.251 e. The van der Waals surface area contributed by atoms with Crippen molar-refractivity contribution in [3.63, 3.8) is 0 Å². The monoisotopic (exact) mass is 202 g/mol. The molecule has 1 fully saturated rings. The number of nitrogens with zero attached hydrogens (tertiary/aromatic N) is 3. The Kier molecular flexibility index (Phi) is 1.85. The van der Waals surface area contributed by atoms with Gasteiger partial charge >= 0.3 is 0 Å². The Morgan fingerprint density at radius 3 is 2.77 bits per heavy atom. The first-order valence-corrected chi connectivity index (χ1v) is 5.53. The molecule has 72 valence electrons. The van der Waals surface area contributed by atoms with Gasteiger partial charge in [-0.3, -0.25) is 4.68 Å². The van der Waals surface area contributed by atoms with Crippen LogP contribution >= 0.6 is 0 Å². The van der Waals surface area contributed by atoms with Gasteiger partial charge in [-0.15, -0.1) is 5.10 Å². The molecule has 0 aliphatic heterocycles. The lowest BCUT2D eigenvalue weighted by molar-refractivity contribution is 0.544. The van der Waals surface area contributed by atoms with Crippen molar-refractivity contribution in [1.82, 2.24) is 15.0 Å². The molecule has 0 amide bonds. The number of nitrogens with two attached hydrogens (primary N) is 1. The second-order valence-electron chi connectivity index (χ2n) is 3.27. The maximum Gasteiger partial charge on any atom is 0.259 e. The summed E-state index contributed by atoms with van der Waals surface area (Å²) in [4.78, 5) is 0. The van der Waals surface area contributed by atoms with Crippen LogP contribution in [0.4, 0.5) is 0 Å². The van der Waals surface area contributed by atoms with Crippen molar-refractivity contribution < 1.29 is 8.42 Å². The first-order chi connectivity index (χ1) is 6.05. The van der Waals surface area contributed by atoms with Gasteiger partial charge in [-0.05, 0) is 18.8 Å². The van der Waals surface area contributed by atoms with E-state index in [1.807, 2.05) is 0 Å². The van der Waals surface area contributed by atoms with Crippen molar-refractivity contribution >= 4 is 10.0 Å². The van der Waals surface area contributed by atoms with Gasteiger partial charge in [0.2, 0.25) is 5.03 Å². The number of primary sulfonamides is 1. The normalized spacial score (nSPS) is 17.6. The molecule has 1 aliphatic rings. The first-order valence-electron chi connectivity index (χ1n) is 3.98. The molecule has 1 aliphatic carbocycles. The predicted octanol–water partition coefficient (Wildman–Crippen LogP) is -0.665. The van der Waals surface area contributed by atoms with Gasteiger partial charge in [-0.1, -0.05) is 5.21 Å². The summed E-state index contributed by atoms with van der Waals surface area (Å²) in [7, 11) is -3.69. The van der Waals surface area contributed by atoms with Crippen LogP contribution < -0.4 is 5.14 Å². The van der Waals surface area contributed by atoms with Gasteiger partial charge in [0.05, 0.1) is 6.20 Å². The van der Waals surface area contributed by atoms with Crippen molar-refractivity contribution in [2.24, 2.45) is 11.1 Å². The number of aromatic nitrogens is 3. The summed E-state index contributed by atoms with van der Waals surface area (Å²) in [5.74, 6) is 0.634. The number of rotatable bonds is 3. The second kappa shape index (κ2) is 2.78. The quantitative estimate of drug-likeness (QED) is 0.704. The van der Waals surface area contributed by atoms with Crippen LogP contribution in [0.15, 0.2) is 11.2 Å². The van der Waals surface area contributed by atoms with E-state index in [2.05, 4.69) is 10.3 Å². The van der Waals surface area contributed by atoms with E-state index in [9.17, 15) is 8.42 Å². The number of sulfonamides is 1. The third kappa shape index (κ3) is 2.04. The summed E-state index contributed by atoms with van der Waals surface area (Å²) in [6.07, 6.45) is 3.74. The zero-order valence-electron chi connectivity index (χ0n) is 6.92. The minimum absolute atomic E-state index is 0.159. The summed E-state index contributed by atoms with van der Waals surface area (Å²) < 4.78 is 23.1. The van der Waals surface area contributed by atoms with E-state index < -0.39 is 10.0 Å². The van der Waals surface area contributed by atoms with Crippen molar-refractivity contribution in [3.8, 4) is 0 Å². The SMILES string of the molecule is NS(=O)(=O)c1cn(CC2CC2)nn1. The lowest BCUT2D eigenvalue weighted by Crippen LogP contribution is -2.12.